The molecule has 1 heterocycles. The Morgan fingerprint density at radius 1 is 0.711 bits per heavy atom. The zero-order valence-electron chi connectivity index (χ0n) is 22.3. The van der Waals surface area contributed by atoms with Gasteiger partial charge >= 0.3 is 5.97 Å². The number of hydrogen-bond acceptors (Lipinski definition) is 3. The summed E-state index contributed by atoms with van der Waals surface area (Å²) in [4.78, 5) is 14.4. The smallest absolute Gasteiger partial charge is 0.321 e. The highest BCUT2D eigenvalue weighted by Crippen LogP contribution is 2.50. The summed E-state index contributed by atoms with van der Waals surface area (Å²) in [6.07, 6.45) is 0.496. The fraction of sp³-hybridized carbons (Fsp3) is 0.265. The number of carbonyl (C=O) groups excluding carboxylic acids is 1. The Morgan fingerprint density at radius 2 is 1.21 bits per heavy atom. The summed E-state index contributed by atoms with van der Waals surface area (Å²) in [5.41, 5.74) is 3.08. The molecule has 0 radical (unpaired) electrons. The summed E-state index contributed by atoms with van der Waals surface area (Å²) in [5.74, 6) is 1.18. The van der Waals surface area contributed by atoms with Crippen molar-refractivity contribution in [3.8, 4) is 11.5 Å². The highest BCUT2D eigenvalue weighted by molar-refractivity contribution is 5.91. The second kappa shape index (κ2) is 11.2. The van der Waals surface area contributed by atoms with Crippen LogP contribution in [-0.4, -0.2) is 36.7 Å². The molecular weight excluding hydrogens is 470 g/mol. The fourth-order valence-electron chi connectivity index (χ4n) is 5.73. The van der Waals surface area contributed by atoms with Crippen molar-refractivity contribution in [2.45, 2.75) is 32.2 Å². The minimum Gasteiger partial charge on any atom is -0.459 e. The monoisotopic (exact) mass is 506 g/mol. The van der Waals surface area contributed by atoms with Crippen LogP contribution in [0.25, 0.3) is 0 Å². The van der Waals surface area contributed by atoms with Crippen molar-refractivity contribution in [1.29, 1.82) is 0 Å². The average Bonchev–Trinajstić information content (AvgIpc) is 2.97. The van der Waals surface area contributed by atoms with E-state index >= 15 is 0 Å². The summed E-state index contributed by atoms with van der Waals surface area (Å²) < 4.78 is 13.4. The SMILES string of the molecule is CC[N+](CC)(CCOC(=O)C1(Cc2ccccc2)c2ccccc2Oc2ccccc21)Cc1ccccc1. The molecule has 0 fully saturated rings. The lowest BCUT2D eigenvalue weighted by Crippen LogP contribution is -2.50. The number of esters is 1. The van der Waals surface area contributed by atoms with Gasteiger partial charge in [0.25, 0.3) is 0 Å². The van der Waals surface area contributed by atoms with Gasteiger partial charge in [-0.2, -0.15) is 0 Å². The Labute approximate surface area is 226 Å². The molecule has 1 aliphatic rings. The quantitative estimate of drug-likeness (QED) is 0.173. The third-order valence-electron chi connectivity index (χ3n) is 8.08. The van der Waals surface area contributed by atoms with Gasteiger partial charge in [0.15, 0.2) is 0 Å². The fourth-order valence-corrected chi connectivity index (χ4v) is 5.73. The van der Waals surface area contributed by atoms with Crippen molar-refractivity contribution in [2.75, 3.05) is 26.2 Å². The maximum absolute atomic E-state index is 14.4. The molecule has 0 unspecified atom stereocenters. The molecule has 4 aromatic rings. The number of hydrogen-bond donors (Lipinski definition) is 0. The molecule has 0 aromatic heterocycles. The van der Waals surface area contributed by atoms with E-state index in [9.17, 15) is 4.79 Å². The van der Waals surface area contributed by atoms with Crippen LogP contribution in [0.1, 0.15) is 36.1 Å². The largest absolute Gasteiger partial charge is 0.459 e. The predicted octanol–water partition coefficient (Wildman–Crippen LogP) is 6.92. The van der Waals surface area contributed by atoms with E-state index in [1.807, 2.05) is 72.8 Å². The first-order valence-corrected chi connectivity index (χ1v) is 13.6. The Hall–Kier alpha value is -3.89. The highest BCUT2D eigenvalue weighted by atomic mass is 16.5. The van der Waals surface area contributed by atoms with Gasteiger partial charge < -0.3 is 14.0 Å². The summed E-state index contributed by atoms with van der Waals surface area (Å²) in [6.45, 7) is 8.41. The number of ether oxygens (including phenoxy) is 2. The molecule has 0 saturated carbocycles. The van der Waals surface area contributed by atoms with E-state index in [1.54, 1.807) is 0 Å². The molecule has 0 saturated heterocycles. The first-order valence-electron chi connectivity index (χ1n) is 13.6. The van der Waals surface area contributed by atoms with Crippen molar-refractivity contribution in [2.24, 2.45) is 0 Å². The van der Waals surface area contributed by atoms with Crippen LogP contribution in [0.15, 0.2) is 109 Å². The van der Waals surface area contributed by atoms with Gasteiger partial charge in [-0.15, -0.1) is 0 Å². The minimum atomic E-state index is -1.000. The van der Waals surface area contributed by atoms with Crippen molar-refractivity contribution < 1.29 is 18.8 Å². The van der Waals surface area contributed by atoms with E-state index < -0.39 is 5.41 Å². The molecule has 4 heteroatoms. The molecular formula is C34H36NO3+. The molecule has 0 atom stereocenters. The Kier molecular flexibility index (Phi) is 7.62. The second-order valence-electron chi connectivity index (χ2n) is 10.1. The van der Waals surface area contributed by atoms with Gasteiger partial charge in [0, 0.05) is 16.7 Å². The van der Waals surface area contributed by atoms with Crippen LogP contribution in [0.2, 0.25) is 0 Å². The number of carbonyl (C=O) groups is 1. The molecule has 5 rings (SSSR count). The molecule has 194 valence electrons. The summed E-state index contributed by atoms with van der Waals surface area (Å²) in [5, 5.41) is 0. The van der Waals surface area contributed by atoms with Crippen LogP contribution in [0.4, 0.5) is 0 Å². The van der Waals surface area contributed by atoms with Crippen LogP contribution in [-0.2, 0) is 27.9 Å². The topological polar surface area (TPSA) is 35.5 Å². The van der Waals surface area contributed by atoms with Gasteiger partial charge in [-0.1, -0.05) is 97.1 Å². The lowest BCUT2D eigenvalue weighted by atomic mass is 9.68. The lowest BCUT2D eigenvalue weighted by Gasteiger charge is -2.39. The molecule has 4 nitrogen and oxygen atoms in total. The summed E-state index contributed by atoms with van der Waals surface area (Å²) in [6, 6.07) is 36.5. The predicted molar refractivity (Wildman–Crippen MR) is 151 cm³/mol. The van der Waals surface area contributed by atoms with Crippen LogP contribution in [0.3, 0.4) is 0 Å². The minimum absolute atomic E-state index is 0.227. The zero-order valence-corrected chi connectivity index (χ0v) is 22.3. The molecule has 4 aromatic carbocycles. The van der Waals surface area contributed by atoms with E-state index in [1.165, 1.54) is 5.56 Å². The molecule has 0 aliphatic carbocycles. The van der Waals surface area contributed by atoms with Crippen LogP contribution in [0, 0.1) is 0 Å². The van der Waals surface area contributed by atoms with Crippen LogP contribution in [0.5, 0.6) is 11.5 Å². The zero-order chi connectivity index (χ0) is 26.4. The van der Waals surface area contributed by atoms with Crippen molar-refractivity contribution in [3.05, 3.63) is 131 Å². The maximum atomic E-state index is 14.4. The van der Waals surface area contributed by atoms with E-state index in [4.69, 9.17) is 9.47 Å². The number of quaternary nitrogens is 1. The first-order chi connectivity index (χ1) is 18.6. The Balaban J connectivity index is 1.48. The average molecular weight is 507 g/mol. The summed E-state index contributed by atoms with van der Waals surface area (Å²) >= 11 is 0. The number of likely N-dealkylation sites (N-methyl/N-ethyl adjacent to an activating group) is 1. The van der Waals surface area contributed by atoms with E-state index in [2.05, 4.69) is 50.2 Å². The number of benzene rings is 4. The third-order valence-corrected chi connectivity index (χ3v) is 8.08. The van der Waals surface area contributed by atoms with E-state index in [0.717, 1.165) is 47.4 Å². The lowest BCUT2D eigenvalue weighted by molar-refractivity contribution is -0.937. The van der Waals surface area contributed by atoms with Gasteiger partial charge in [0.2, 0.25) is 0 Å². The van der Waals surface area contributed by atoms with Gasteiger partial charge in [0.1, 0.15) is 36.6 Å². The van der Waals surface area contributed by atoms with Crippen LogP contribution < -0.4 is 4.74 Å². The maximum Gasteiger partial charge on any atom is 0.321 e. The molecule has 0 bridgehead atoms. The van der Waals surface area contributed by atoms with Gasteiger partial charge in [-0.3, -0.25) is 4.79 Å². The van der Waals surface area contributed by atoms with Crippen molar-refractivity contribution in [1.82, 2.24) is 0 Å². The number of fused-ring (bicyclic) bond motifs is 2. The van der Waals surface area contributed by atoms with Crippen LogP contribution >= 0.6 is 0 Å². The van der Waals surface area contributed by atoms with E-state index in [-0.39, 0.29) is 5.97 Å². The van der Waals surface area contributed by atoms with Gasteiger partial charge in [-0.05, 0) is 38.0 Å². The standard InChI is InChI=1S/C34H36NO3/c1-3-35(4-2,26-28-17-9-6-10-18-28)23-24-37-33(36)34(25-27-15-7-5-8-16-27)29-19-11-13-21-31(29)38-32-22-14-12-20-30(32)34/h5-22H,3-4,23-26H2,1-2H3/q+1. The number of para-hydroxylation sites is 2. The van der Waals surface area contributed by atoms with Crippen molar-refractivity contribution >= 4 is 5.97 Å². The Morgan fingerprint density at radius 3 is 1.76 bits per heavy atom. The summed E-state index contributed by atoms with van der Waals surface area (Å²) in [7, 11) is 0. The Bertz CT molecular complexity index is 1320. The molecule has 0 amide bonds. The van der Waals surface area contributed by atoms with Crippen molar-refractivity contribution in [3.63, 3.8) is 0 Å². The first kappa shape index (κ1) is 25.7. The molecule has 0 N–H and O–H groups in total. The third kappa shape index (κ3) is 4.97. The molecule has 38 heavy (non-hydrogen) atoms. The molecule has 1 aliphatic heterocycles. The number of rotatable bonds is 10. The van der Waals surface area contributed by atoms with Gasteiger partial charge in [0.05, 0.1) is 13.1 Å². The highest BCUT2D eigenvalue weighted by Gasteiger charge is 2.49. The van der Waals surface area contributed by atoms with Gasteiger partial charge in [-0.25, -0.2) is 0 Å². The second-order valence-corrected chi connectivity index (χ2v) is 10.1. The van der Waals surface area contributed by atoms with E-state index in [0.29, 0.717) is 24.5 Å². The molecule has 0 spiro atoms. The number of nitrogens with zero attached hydrogens (tertiary/aromatic N) is 1. The normalized spacial score (nSPS) is 13.6.